The van der Waals surface area contributed by atoms with Crippen LogP contribution in [0.2, 0.25) is 0 Å². The molecule has 0 unspecified atom stereocenters. The molecule has 1 aromatic carbocycles. The van der Waals surface area contributed by atoms with Crippen molar-refractivity contribution in [1.29, 1.82) is 0 Å². The maximum absolute atomic E-state index is 12.5. The molecule has 2 amide bonds. The first-order valence-corrected chi connectivity index (χ1v) is 7.81. The van der Waals surface area contributed by atoms with E-state index in [0.717, 1.165) is 0 Å². The van der Waals surface area contributed by atoms with Crippen LogP contribution in [0.4, 0.5) is 0 Å². The lowest BCUT2D eigenvalue weighted by atomic mass is 10.1. The topological polar surface area (TPSA) is 80.6 Å². The number of furan rings is 1. The molecule has 0 aliphatic carbocycles. The van der Waals surface area contributed by atoms with Gasteiger partial charge >= 0.3 is 0 Å². The maximum atomic E-state index is 12.5. The van der Waals surface area contributed by atoms with Crippen LogP contribution < -0.4 is 15.4 Å². The van der Waals surface area contributed by atoms with Gasteiger partial charge in [-0.3, -0.25) is 9.59 Å². The zero-order chi connectivity index (χ0) is 18.4. The Kier molecular flexibility index (Phi) is 5.64. The molecule has 0 fully saturated rings. The van der Waals surface area contributed by atoms with E-state index in [1.54, 1.807) is 43.5 Å². The van der Waals surface area contributed by atoms with E-state index in [2.05, 4.69) is 10.6 Å². The second kappa shape index (κ2) is 7.70. The number of methoxy groups -OCH3 is 1. The number of benzene rings is 1. The number of hydrogen-bond acceptors (Lipinski definition) is 4. The van der Waals surface area contributed by atoms with Gasteiger partial charge in [-0.2, -0.15) is 0 Å². The molecule has 1 heterocycles. The molecule has 0 saturated heterocycles. The van der Waals surface area contributed by atoms with E-state index in [1.807, 2.05) is 20.8 Å². The van der Waals surface area contributed by atoms with Crippen LogP contribution in [-0.4, -0.2) is 24.5 Å². The van der Waals surface area contributed by atoms with Crippen molar-refractivity contribution < 1.29 is 18.7 Å². The molecule has 2 aromatic rings. The summed E-state index contributed by atoms with van der Waals surface area (Å²) in [5, 5.41) is 5.46. The minimum absolute atomic E-state index is 0.102. The molecular formula is C19H22N2O4. The van der Waals surface area contributed by atoms with E-state index in [0.29, 0.717) is 17.1 Å². The van der Waals surface area contributed by atoms with Crippen LogP contribution in [0.3, 0.4) is 0 Å². The highest BCUT2D eigenvalue weighted by atomic mass is 16.5. The summed E-state index contributed by atoms with van der Waals surface area (Å²) in [6.45, 7) is 5.59. The van der Waals surface area contributed by atoms with E-state index in [-0.39, 0.29) is 5.70 Å². The summed E-state index contributed by atoms with van der Waals surface area (Å²) in [5.41, 5.74) is 0.0740. The lowest BCUT2D eigenvalue weighted by Crippen LogP contribution is -2.44. The summed E-state index contributed by atoms with van der Waals surface area (Å²) < 4.78 is 10.3. The number of ether oxygens (including phenoxy) is 1. The summed E-state index contributed by atoms with van der Waals surface area (Å²) in [6.07, 6.45) is 2.99. The Morgan fingerprint density at radius 3 is 2.32 bits per heavy atom. The fraction of sp³-hybridized carbons (Fsp3) is 0.263. The molecule has 0 aliphatic rings. The van der Waals surface area contributed by atoms with Gasteiger partial charge in [0.05, 0.1) is 13.4 Å². The van der Waals surface area contributed by atoms with Crippen LogP contribution in [0.25, 0.3) is 6.08 Å². The van der Waals surface area contributed by atoms with E-state index in [1.165, 1.54) is 12.3 Å². The SMILES string of the molecule is COc1ccc(C(=O)NC(=Cc2ccco2)C(=O)NC(C)(C)C)cc1. The minimum Gasteiger partial charge on any atom is -0.497 e. The van der Waals surface area contributed by atoms with E-state index in [4.69, 9.17) is 9.15 Å². The van der Waals surface area contributed by atoms with Gasteiger partial charge in [-0.25, -0.2) is 0 Å². The van der Waals surface area contributed by atoms with Crippen LogP contribution in [0.15, 0.2) is 52.8 Å². The van der Waals surface area contributed by atoms with Crippen LogP contribution in [0, 0.1) is 0 Å². The number of carbonyl (C=O) groups excluding carboxylic acids is 2. The number of carbonyl (C=O) groups is 2. The van der Waals surface area contributed by atoms with Gasteiger partial charge in [0.2, 0.25) is 0 Å². The van der Waals surface area contributed by atoms with Gasteiger partial charge in [-0.15, -0.1) is 0 Å². The average molecular weight is 342 g/mol. The molecule has 0 aliphatic heterocycles. The third-order valence-electron chi connectivity index (χ3n) is 3.16. The Morgan fingerprint density at radius 2 is 1.80 bits per heavy atom. The quantitative estimate of drug-likeness (QED) is 0.819. The first kappa shape index (κ1) is 18.3. The van der Waals surface area contributed by atoms with Crippen molar-refractivity contribution in [3.05, 3.63) is 59.7 Å². The molecule has 132 valence electrons. The van der Waals surface area contributed by atoms with E-state index in [9.17, 15) is 9.59 Å². The molecule has 1 aromatic heterocycles. The number of amides is 2. The fourth-order valence-electron chi connectivity index (χ4n) is 2.02. The summed E-state index contributed by atoms with van der Waals surface area (Å²) in [4.78, 5) is 24.9. The van der Waals surface area contributed by atoms with Gasteiger partial charge < -0.3 is 19.8 Å². The Morgan fingerprint density at radius 1 is 1.12 bits per heavy atom. The van der Waals surface area contributed by atoms with Gasteiger partial charge in [0.1, 0.15) is 17.2 Å². The smallest absolute Gasteiger partial charge is 0.268 e. The highest BCUT2D eigenvalue weighted by molar-refractivity contribution is 6.05. The van der Waals surface area contributed by atoms with Crippen molar-refractivity contribution in [3.63, 3.8) is 0 Å². The van der Waals surface area contributed by atoms with Gasteiger partial charge in [0.25, 0.3) is 11.8 Å². The standard InChI is InChI=1S/C19H22N2O4/c1-19(2,3)21-18(23)16(12-15-6-5-11-25-15)20-17(22)13-7-9-14(24-4)10-8-13/h5-12H,1-4H3,(H,20,22)(H,21,23). The van der Waals surface area contributed by atoms with Crippen LogP contribution in [0.5, 0.6) is 5.75 Å². The Labute approximate surface area is 146 Å². The Balaban J connectivity index is 2.22. The summed E-state index contributed by atoms with van der Waals surface area (Å²) in [5.74, 6) is 0.317. The summed E-state index contributed by atoms with van der Waals surface area (Å²) >= 11 is 0. The van der Waals surface area contributed by atoms with Crippen molar-refractivity contribution in [2.45, 2.75) is 26.3 Å². The monoisotopic (exact) mass is 342 g/mol. The van der Waals surface area contributed by atoms with Gasteiger partial charge in [0.15, 0.2) is 0 Å². The zero-order valence-corrected chi connectivity index (χ0v) is 14.8. The second-order valence-electron chi connectivity index (χ2n) is 6.46. The first-order valence-electron chi connectivity index (χ1n) is 7.81. The summed E-state index contributed by atoms with van der Waals surface area (Å²) in [6, 6.07) is 10.0. The largest absolute Gasteiger partial charge is 0.497 e. The molecule has 2 rings (SSSR count). The molecule has 0 bridgehead atoms. The minimum atomic E-state index is -0.440. The van der Waals surface area contributed by atoms with Crippen molar-refractivity contribution in [2.24, 2.45) is 0 Å². The molecule has 6 heteroatoms. The number of nitrogens with one attached hydrogen (secondary N) is 2. The lowest BCUT2D eigenvalue weighted by molar-refractivity contribution is -0.119. The highest BCUT2D eigenvalue weighted by Crippen LogP contribution is 2.13. The summed E-state index contributed by atoms with van der Waals surface area (Å²) in [7, 11) is 1.55. The third-order valence-corrected chi connectivity index (χ3v) is 3.16. The predicted octanol–water partition coefficient (Wildman–Crippen LogP) is 2.97. The molecule has 25 heavy (non-hydrogen) atoms. The van der Waals surface area contributed by atoms with Crippen LogP contribution in [0.1, 0.15) is 36.9 Å². The maximum Gasteiger partial charge on any atom is 0.268 e. The van der Waals surface area contributed by atoms with Crippen molar-refractivity contribution in [2.75, 3.05) is 7.11 Å². The highest BCUT2D eigenvalue weighted by Gasteiger charge is 2.20. The molecule has 0 atom stereocenters. The first-order chi connectivity index (χ1) is 11.8. The lowest BCUT2D eigenvalue weighted by Gasteiger charge is -2.21. The predicted molar refractivity (Wildman–Crippen MR) is 95.0 cm³/mol. The molecular weight excluding hydrogens is 320 g/mol. The fourth-order valence-corrected chi connectivity index (χ4v) is 2.02. The van der Waals surface area contributed by atoms with E-state index < -0.39 is 17.4 Å². The molecule has 2 N–H and O–H groups in total. The van der Waals surface area contributed by atoms with Crippen molar-refractivity contribution in [1.82, 2.24) is 10.6 Å². The Hall–Kier alpha value is -3.02. The van der Waals surface area contributed by atoms with Crippen molar-refractivity contribution in [3.8, 4) is 5.75 Å². The average Bonchev–Trinajstić information content (AvgIpc) is 3.05. The number of hydrogen-bond donors (Lipinski definition) is 2. The normalized spacial score (nSPS) is 11.8. The van der Waals surface area contributed by atoms with Crippen LogP contribution >= 0.6 is 0 Å². The Bertz CT molecular complexity index is 754. The number of rotatable bonds is 5. The van der Waals surface area contributed by atoms with Crippen molar-refractivity contribution >= 4 is 17.9 Å². The molecule has 0 saturated carbocycles. The van der Waals surface area contributed by atoms with E-state index >= 15 is 0 Å². The third kappa shape index (κ3) is 5.53. The second-order valence-corrected chi connectivity index (χ2v) is 6.46. The molecule has 0 radical (unpaired) electrons. The van der Waals surface area contributed by atoms with Gasteiger partial charge in [0, 0.05) is 17.2 Å². The zero-order valence-electron chi connectivity index (χ0n) is 14.8. The van der Waals surface area contributed by atoms with Crippen LogP contribution in [-0.2, 0) is 4.79 Å². The van der Waals surface area contributed by atoms with Gasteiger partial charge in [-0.05, 0) is 57.2 Å². The van der Waals surface area contributed by atoms with Gasteiger partial charge in [-0.1, -0.05) is 0 Å². The molecule has 6 nitrogen and oxygen atoms in total. The molecule has 0 spiro atoms.